The maximum atomic E-state index is 13.6. The second kappa shape index (κ2) is 8.43. The normalized spacial score (nSPS) is 18.9. The molecule has 2 atom stereocenters. The number of carbonyl (C=O) groups excluding carboxylic acids is 2. The lowest BCUT2D eigenvalue weighted by Crippen LogP contribution is -2.33. The van der Waals surface area contributed by atoms with Crippen molar-refractivity contribution < 1.29 is 14.0 Å². The third-order valence-corrected chi connectivity index (χ3v) is 4.63. The van der Waals surface area contributed by atoms with E-state index in [9.17, 15) is 14.0 Å². The summed E-state index contributed by atoms with van der Waals surface area (Å²) in [5.74, 6) is -0.675. The smallest absolute Gasteiger partial charge is 0.251 e. The lowest BCUT2D eigenvalue weighted by Gasteiger charge is -2.13. The van der Waals surface area contributed by atoms with Crippen molar-refractivity contribution in [1.29, 1.82) is 0 Å². The Morgan fingerprint density at radius 1 is 1.12 bits per heavy atom. The number of hydrogen-bond donors (Lipinski definition) is 2. The van der Waals surface area contributed by atoms with Gasteiger partial charge in [0.1, 0.15) is 5.82 Å². The molecule has 2 aromatic carbocycles. The summed E-state index contributed by atoms with van der Waals surface area (Å²) in [6.45, 7) is 1.45. The maximum Gasteiger partial charge on any atom is 0.251 e. The Morgan fingerprint density at radius 3 is 2.38 bits per heavy atom. The van der Waals surface area contributed by atoms with Gasteiger partial charge in [0, 0.05) is 23.2 Å². The number of benzene rings is 2. The SMILES string of the molecule is CC(=O)c1ccc(F)cc1-c1ccc(C(=O)N[C@H]2CC[C@@H](N)C2)cc1.Cl. The van der Waals surface area contributed by atoms with Crippen LogP contribution in [0, 0.1) is 5.82 Å². The van der Waals surface area contributed by atoms with Crippen LogP contribution in [-0.2, 0) is 0 Å². The van der Waals surface area contributed by atoms with Gasteiger partial charge in [-0.25, -0.2) is 4.39 Å². The van der Waals surface area contributed by atoms with Crippen LogP contribution in [0.15, 0.2) is 42.5 Å². The first-order chi connectivity index (χ1) is 11.9. The summed E-state index contributed by atoms with van der Waals surface area (Å²) in [5, 5.41) is 2.99. The Labute approximate surface area is 158 Å². The molecule has 2 aromatic rings. The van der Waals surface area contributed by atoms with E-state index in [1.54, 1.807) is 24.3 Å². The van der Waals surface area contributed by atoms with Gasteiger partial charge in [-0.15, -0.1) is 12.4 Å². The number of rotatable bonds is 4. The van der Waals surface area contributed by atoms with Crippen LogP contribution in [-0.4, -0.2) is 23.8 Å². The second-order valence-electron chi connectivity index (χ2n) is 6.57. The molecular formula is C20H22ClFN2O2. The first kappa shape index (κ1) is 20.1. The zero-order valence-corrected chi connectivity index (χ0v) is 15.3. The summed E-state index contributed by atoms with van der Waals surface area (Å²) in [6.07, 6.45) is 2.63. The molecule has 1 aliphatic carbocycles. The van der Waals surface area contributed by atoms with Gasteiger partial charge in [-0.1, -0.05) is 12.1 Å². The van der Waals surface area contributed by atoms with Crippen LogP contribution in [0.1, 0.15) is 46.9 Å². The Bertz CT molecular complexity index is 808. The molecule has 0 bridgehead atoms. The molecule has 3 N–H and O–H groups in total. The van der Waals surface area contributed by atoms with Crippen LogP contribution in [0.3, 0.4) is 0 Å². The van der Waals surface area contributed by atoms with Crippen molar-refractivity contribution in [2.75, 3.05) is 0 Å². The summed E-state index contributed by atoms with van der Waals surface area (Å²) in [5.41, 5.74) is 8.08. The zero-order chi connectivity index (χ0) is 18.0. The minimum absolute atomic E-state index is 0. The van der Waals surface area contributed by atoms with E-state index in [4.69, 9.17) is 5.73 Å². The van der Waals surface area contributed by atoms with Crippen molar-refractivity contribution in [2.45, 2.75) is 38.3 Å². The molecule has 0 aliphatic heterocycles. The highest BCUT2D eigenvalue weighted by Gasteiger charge is 2.23. The van der Waals surface area contributed by atoms with Crippen LogP contribution in [0.5, 0.6) is 0 Å². The predicted molar refractivity (Wildman–Crippen MR) is 102 cm³/mol. The van der Waals surface area contributed by atoms with Gasteiger partial charge in [0.25, 0.3) is 5.91 Å². The summed E-state index contributed by atoms with van der Waals surface area (Å²) < 4.78 is 13.6. The summed E-state index contributed by atoms with van der Waals surface area (Å²) in [7, 11) is 0. The second-order valence-corrected chi connectivity index (χ2v) is 6.57. The lowest BCUT2D eigenvalue weighted by molar-refractivity contribution is 0.0936. The topological polar surface area (TPSA) is 72.2 Å². The average Bonchev–Trinajstić information content (AvgIpc) is 2.99. The standard InChI is InChI=1S/C20H21FN2O2.ClH/c1-12(24)18-9-6-15(21)10-19(18)13-2-4-14(5-3-13)20(25)23-17-8-7-16(22)11-17;/h2-6,9-10,16-17H,7-8,11,22H2,1H3,(H,23,25);1H/t16-,17+;/m1./s1. The molecule has 0 aromatic heterocycles. The molecule has 4 nitrogen and oxygen atoms in total. The number of nitrogens with one attached hydrogen (secondary N) is 1. The van der Waals surface area contributed by atoms with Gasteiger partial charge < -0.3 is 11.1 Å². The molecule has 0 spiro atoms. The van der Waals surface area contributed by atoms with E-state index in [1.807, 2.05) is 0 Å². The Kier molecular flexibility index (Phi) is 6.51. The van der Waals surface area contributed by atoms with Gasteiger partial charge in [-0.3, -0.25) is 9.59 Å². The Hall–Kier alpha value is -2.24. The molecule has 0 unspecified atom stereocenters. The quantitative estimate of drug-likeness (QED) is 0.798. The highest BCUT2D eigenvalue weighted by atomic mass is 35.5. The van der Waals surface area contributed by atoms with Gasteiger partial charge in [0.05, 0.1) is 0 Å². The number of nitrogens with two attached hydrogens (primary N) is 1. The number of Topliss-reactive ketones (excluding diaryl/α,β-unsaturated/α-hetero) is 1. The fraction of sp³-hybridized carbons (Fsp3) is 0.300. The van der Waals surface area contributed by atoms with Gasteiger partial charge in [-0.2, -0.15) is 0 Å². The van der Waals surface area contributed by atoms with E-state index in [0.717, 1.165) is 19.3 Å². The highest BCUT2D eigenvalue weighted by molar-refractivity contribution is 6.01. The molecule has 1 saturated carbocycles. The predicted octanol–water partition coefficient (Wildman–Crippen LogP) is 3.73. The van der Waals surface area contributed by atoms with Crippen molar-refractivity contribution in [3.05, 3.63) is 59.4 Å². The molecule has 1 amide bonds. The van der Waals surface area contributed by atoms with E-state index in [-0.39, 0.29) is 36.2 Å². The van der Waals surface area contributed by atoms with Crippen LogP contribution < -0.4 is 11.1 Å². The highest BCUT2D eigenvalue weighted by Crippen LogP contribution is 2.26. The van der Waals surface area contributed by atoms with Crippen molar-refractivity contribution >= 4 is 24.1 Å². The monoisotopic (exact) mass is 376 g/mol. The van der Waals surface area contributed by atoms with E-state index < -0.39 is 5.82 Å². The molecule has 26 heavy (non-hydrogen) atoms. The minimum atomic E-state index is -0.403. The Morgan fingerprint density at radius 2 is 1.81 bits per heavy atom. The zero-order valence-electron chi connectivity index (χ0n) is 14.5. The molecule has 0 saturated heterocycles. The van der Waals surface area contributed by atoms with E-state index in [2.05, 4.69) is 5.32 Å². The number of ketones is 1. The van der Waals surface area contributed by atoms with Crippen molar-refractivity contribution in [3.63, 3.8) is 0 Å². The Balaban J connectivity index is 0.00000243. The molecule has 6 heteroatoms. The number of amides is 1. The molecule has 0 heterocycles. The molecule has 138 valence electrons. The van der Waals surface area contributed by atoms with Gasteiger partial charge >= 0.3 is 0 Å². The summed E-state index contributed by atoms with van der Waals surface area (Å²) >= 11 is 0. The molecule has 0 radical (unpaired) electrons. The molecule has 1 aliphatic rings. The van der Waals surface area contributed by atoms with E-state index >= 15 is 0 Å². The van der Waals surface area contributed by atoms with Gasteiger partial charge in [0.2, 0.25) is 0 Å². The first-order valence-corrected chi connectivity index (χ1v) is 8.41. The third kappa shape index (κ3) is 4.48. The molecule has 1 fully saturated rings. The van der Waals surface area contributed by atoms with Gasteiger partial charge in [0.15, 0.2) is 5.78 Å². The average molecular weight is 377 g/mol. The van der Waals surface area contributed by atoms with Crippen molar-refractivity contribution in [3.8, 4) is 11.1 Å². The van der Waals surface area contributed by atoms with Crippen molar-refractivity contribution in [1.82, 2.24) is 5.32 Å². The largest absolute Gasteiger partial charge is 0.349 e. The summed E-state index contributed by atoms with van der Waals surface area (Å²) in [4.78, 5) is 24.1. The molecular weight excluding hydrogens is 355 g/mol. The lowest BCUT2D eigenvalue weighted by atomic mass is 9.96. The third-order valence-electron chi connectivity index (χ3n) is 4.63. The number of carbonyl (C=O) groups is 2. The minimum Gasteiger partial charge on any atom is -0.349 e. The van der Waals surface area contributed by atoms with E-state index in [1.165, 1.54) is 25.1 Å². The van der Waals surface area contributed by atoms with Crippen LogP contribution in [0.4, 0.5) is 4.39 Å². The van der Waals surface area contributed by atoms with Crippen LogP contribution in [0.25, 0.3) is 11.1 Å². The van der Waals surface area contributed by atoms with Crippen molar-refractivity contribution in [2.24, 2.45) is 5.73 Å². The molecule has 3 rings (SSSR count). The maximum absolute atomic E-state index is 13.6. The number of hydrogen-bond acceptors (Lipinski definition) is 3. The van der Waals surface area contributed by atoms with E-state index in [0.29, 0.717) is 22.3 Å². The number of halogens is 2. The van der Waals surface area contributed by atoms with Crippen LogP contribution in [0.2, 0.25) is 0 Å². The van der Waals surface area contributed by atoms with Gasteiger partial charge in [-0.05, 0) is 67.6 Å². The summed E-state index contributed by atoms with van der Waals surface area (Å²) in [6, 6.07) is 11.2. The van der Waals surface area contributed by atoms with Crippen LogP contribution >= 0.6 is 12.4 Å². The first-order valence-electron chi connectivity index (χ1n) is 8.41. The fourth-order valence-electron chi connectivity index (χ4n) is 3.28. The fourth-order valence-corrected chi connectivity index (χ4v) is 3.28.